The maximum Gasteiger partial charge on any atom is 0.242 e. The largest absolute Gasteiger partial charge is 0.325 e. The molecule has 5 nitrogen and oxygen atoms in total. The number of rotatable bonds is 5. The maximum atomic E-state index is 12.7. The highest BCUT2D eigenvalue weighted by molar-refractivity contribution is 7.13. The van der Waals surface area contributed by atoms with E-state index >= 15 is 0 Å². The van der Waals surface area contributed by atoms with Crippen LogP contribution in [0, 0.1) is 0 Å². The van der Waals surface area contributed by atoms with E-state index < -0.39 is 0 Å². The summed E-state index contributed by atoms with van der Waals surface area (Å²) < 4.78 is 0. The van der Waals surface area contributed by atoms with Crippen molar-refractivity contribution in [1.29, 1.82) is 0 Å². The number of anilines is 1. The van der Waals surface area contributed by atoms with Gasteiger partial charge in [0.05, 0.1) is 11.7 Å². The number of hydrogen-bond acceptors (Lipinski definition) is 6. The fourth-order valence-corrected chi connectivity index (χ4v) is 5.14. The number of thiophene rings is 1. The van der Waals surface area contributed by atoms with Crippen LogP contribution in [0.15, 0.2) is 77.5 Å². The molecule has 1 aliphatic heterocycles. The third-order valence-corrected chi connectivity index (χ3v) is 6.93. The van der Waals surface area contributed by atoms with Crippen molar-refractivity contribution in [3.63, 3.8) is 0 Å². The average molecular weight is 433 g/mol. The van der Waals surface area contributed by atoms with Crippen LogP contribution in [-0.2, 0) is 4.79 Å². The minimum atomic E-state index is -0.273. The van der Waals surface area contributed by atoms with E-state index in [4.69, 9.17) is 4.98 Å². The molecule has 0 bridgehead atoms. The number of hydrazine groups is 1. The van der Waals surface area contributed by atoms with Crippen molar-refractivity contribution in [2.24, 2.45) is 0 Å². The molecule has 1 saturated heterocycles. The van der Waals surface area contributed by atoms with E-state index in [0.29, 0.717) is 0 Å². The summed E-state index contributed by atoms with van der Waals surface area (Å²) in [5.74, 6) is -0.0399. The fraction of sp³-hybridized carbons (Fsp3) is 0.130. The van der Waals surface area contributed by atoms with E-state index in [-0.39, 0.29) is 18.0 Å². The number of nitrogens with one attached hydrogen (secondary N) is 3. The predicted molar refractivity (Wildman–Crippen MR) is 123 cm³/mol. The third kappa shape index (κ3) is 4.06. The van der Waals surface area contributed by atoms with Crippen molar-refractivity contribution < 1.29 is 4.79 Å². The third-order valence-electron chi connectivity index (χ3n) is 5.06. The van der Waals surface area contributed by atoms with Gasteiger partial charge in [0, 0.05) is 27.1 Å². The van der Waals surface area contributed by atoms with Gasteiger partial charge in [-0.1, -0.05) is 48.5 Å². The second kappa shape index (κ2) is 8.49. The molecule has 1 aliphatic rings. The SMILES string of the molecule is O=C(Nc1cccc(-c2csc(-c3ccccc3)n2)c1)C1CC(c2cccs2)NN1. The van der Waals surface area contributed by atoms with Crippen LogP contribution < -0.4 is 16.2 Å². The Labute approximate surface area is 182 Å². The molecule has 2 atom stereocenters. The average Bonchev–Trinajstić information content (AvgIpc) is 3.56. The number of thiazole rings is 1. The predicted octanol–water partition coefficient (Wildman–Crippen LogP) is 5.08. The monoisotopic (exact) mass is 432 g/mol. The molecule has 3 heterocycles. The van der Waals surface area contributed by atoms with E-state index in [0.717, 1.165) is 33.9 Å². The van der Waals surface area contributed by atoms with E-state index in [1.54, 1.807) is 22.7 Å². The zero-order valence-corrected chi connectivity index (χ0v) is 17.7. The first-order valence-electron chi connectivity index (χ1n) is 9.73. The molecule has 150 valence electrons. The number of carbonyl (C=O) groups excluding carboxylic acids is 1. The highest BCUT2D eigenvalue weighted by Crippen LogP contribution is 2.30. The fourth-order valence-electron chi connectivity index (χ4n) is 3.51. The Kier molecular flexibility index (Phi) is 5.42. The van der Waals surface area contributed by atoms with E-state index in [1.807, 2.05) is 48.5 Å². The Morgan fingerprint density at radius 3 is 2.67 bits per heavy atom. The Balaban J connectivity index is 1.28. The van der Waals surface area contributed by atoms with E-state index in [2.05, 4.69) is 45.1 Å². The number of carbonyl (C=O) groups is 1. The van der Waals surface area contributed by atoms with Crippen LogP contribution in [-0.4, -0.2) is 16.9 Å². The van der Waals surface area contributed by atoms with E-state index in [1.165, 1.54) is 4.88 Å². The minimum absolute atomic E-state index is 0.0399. The molecule has 2 aromatic heterocycles. The van der Waals surface area contributed by atoms with Gasteiger partial charge in [-0.15, -0.1) is 22.7 Å². The van der Waals surface area contributed by atoms with Crippen molar-refractivity contribution in [3.05, 3.63) is 82.4 Å². The molecule has 30 heavy (non-hydrogen) atoms. The molecule has 3 N–H and O–H groups in total. The van der Waals surface area contributed by atoms with Gasteiger partial charge >= 0.3 is 0 Å². The summed E-state index contributed by atoms with van der Waals surface area (Å²) in [6, 6.07) is 22.0. The molecule has 2 aromatic carbocycles. The van der Waals surface area contributed by atoms with Crippen molar-refractivity contribution in [3.8, 4) is 21.8 Å². The summed E-state index contributed by atoms with van der Waals surface area (Å²) in [4.78, 5) is 18.7. The molecule has 2 unspecified atom stereocenters. The second-order valence-electron chi connectivity index (χ2n) is 7.12. The van der Waals surface area contributed by atoms with Crippen LogP contribution in [0.4, 0.5) is 5.69 Å². The van der Waals surface area contributed by atoms with Gasteiger partial charge in [-0.2, -0.15) is 0 Å². The first kappa shape index (κ1) is 19.1. The topological polar surface area (TPSA) is 66.0 Å². The lowest BCUT2D eigenvalue weighted by Gasteiger charge is -2.11. The van der Waals surface area contributed by atoms with Gasteiger partial charge in [0.15, 0.2) is 0 Å². The van der Waals surface area contributed by atoms with E-state index in [9.17, 15) is 4.79 Å². The first-order chi connectivity index (χ1) is 14.8. The lowest BCUT2D eigenvalue weighted by molar-refractivity contribution is -0.117. The highest BCUT2D eigenvalue weighted by atomic mass is 32.1. The Hall–Kier alpha value is -2.84. The molecule has 7 heteroatoms. The molecule has 0 radical (unpaired) electrons. The maximum absolute atomic E-state index is 12.7. The molecule has 0 saturated carbocycles. The summed E-state index contributed by atoms with van der Waals surface area (Å²) in [5.41, 5.74) is 10.1. The van der Waals surface area contributed by atoms with Crippen molar-refractivity contribution in [1.82, 2.24) is 15.8 Å². The van der Waals surface area contributed by atoms with Gasteiger partial charge in [-0.25, -0.2) is 15.8 Å². The lowest BCUT2D eigenvalue weighted by Crippen LogP contribution is -2.39. The summed E-state index contributed by atoms with van der Waals surface area (Å²) in [6.45, 7) is 0. The van der Waals surface area contributed by atoms with Crippen molar-refractivity contribution in [2.75, 3.05) is 5.32 Å². The standard InChI is InChI=1S/C23H20N4OS2/c28-22(19-13-18(26-27-19)21-10-5-11-29-21)24-17-9-4-8-16(12-17)20-14-30-23(25-20)15-6-2-1-3-7-15/h1-12,14,18-19,26-27H,13H2,(H,24,28). The molecule has 5 rings (SSSR count). The minimum Gasteiger partial charge on any atom is -0.325 e. The molecular weight excluding hydrogens is 412 g/mol. The van der Waals surface area contributed by atoms with Crippen LogP contribution in [0.5, 0.6) is 0 Å². The lowest BCUT2D eigenvalue weighted by atomic mass is 10.1. The van der Waals surface area contributed by atoms with Crippen molar-refractivity contribution in [2.45, 2.75) is 18.5 Å². The van der Waals surface area contributed by atoms with Gasteiger partial charge in [-0.3, -0.25) is 4.79 Å². The van der Waals surface area contributed by atoms with Gasteiger partial charge in [0.2, 0.25) is 5.91 Å². The van der Waals surface area contributed by atoms with Gasteiger partial charge in [-0.05, 0) is 30.0 Å². The smallest absolute Gasteiger partial charge is 0.242 e. The van der Waals surface area contributed by atoms with Crippen LogP contribution >= 0.6 is 22.7 Å². The molecule has 1 amide bonds. The molecular formula is C23H20N4OS2. The molecule has 1 fully saturated rings. The Bertz CT molecular complexity index is 1140. The van der Waals surface area contributed by atoms with Crippen LogP contribution in [0.1, 0.15) is 17.3 Å². The van der Waals surface area contributed by atoms with Crippen molar-refractivity contribution >= 4 is 34.3 Å². The molecule has 0 spiro atoms. The number of hydrogen-bond donors (Lipinski definition) is 3. The summed E-state index contributed by atoms with van der Waals surface area (Å²) >= 11 is 3.32. The highest BCUT2D eigenvalue weighted by Gasteiger charge is 2.30. The molecule has 0 aliphatic carbocycles. The number of amides is 1. The van der Waals surface area contributed by atoms with Crippen LogP contribution in [0.25, 0.3) is 21.8 Å². The number of nitrogens with zero attached hydrogens (tertiary/aromatic N) is 1. The van der Waals surface area contributed by atoms with Gasteiger partial charge in [0.1, 0.15) is 11.0 Å². The first-order valence-corrected chi connectivity index (χ1v) is 11.5. The zero-order chi connectivity index (χ0) is 20.3. The number of benzene rings is 2. The summed E-state index contributed by atoms with van der Waals surface area (Å²) in [6.07, 6.45) is 0.721. The number of aromatic nitrogens is 1. The normalized spacial score (nSPS) is 18.4. The van der Waals surface area contributed by atoms with Gasteiger partial charge in [0.25, 0.3) is 0 Å². The molecule has 4 aromatic rings. The summed E-state index contributed by atoms with van der Waals surface area (Å²) in [7, 11) is 0. The van der Waals surface area contributed by atoms with Crippen LogP contribution in [0.2, 0.25) is 0 Å². The Morgan fingerprint density at radius 1 is 0.967 bits per heavy atom. The quantitative estimate of drug-likeness (QED) is 0.411. The summed E-state index contributed by atoms with van der Waals surface area (Å²) in [5, 5.41) is 8.13. The Morgan fingerprint density at radius 2 is 1.83 bits per heavy atom. The zero-order valence-electron chi connectivity index (χ0n) is 16.0. The van der Waals surface area contributed by atoms with Crippen LogP contribution in [0.3, 0.4) is 0 Å². The second-order valence-corrected chi connectivity index (χ2v) is 8.96. The van der Waals surface area contributed by atoms with Gasteiger partial charge < -0.3 is 5.32 Å².